The minimum absolute atomic E-state index is 0.135. The van der Waals surface area contributed by atoms with Crippen LogP contribution in [0.1, 0.15) is 50.4 Å². The van der Waals surface area contributed by atoms with Crippen LogP contribution < -0.4 is 0 Å². The maximum absolute atomic E-state index is 11.8. The van der Waals surface area contributed by atoms with Gasteiger partial charge in [0.05, 0.1) is 24.9 Å². The van der Waals surface area contributed by atoms with Crippen LogP contribution in [0.4, 0.5) is 0 Å². The molecule has 0 spiro atoms. The average molecular weight is 276 g/mol. The molecule has 20 heavy (non-hydrogen) atoms. The number of ether oxygens (including phenoxy) is 1. The fraction of sp³-hybridized carbons (Fsp3) is 0.625. The number of rotatable bonds is 6. The number of hydrogen-bond acceptors (Lipinski definition) is 4. The average Bonchev–Trinajstić information content (AvgIpc) is 2.46. The molecule has 1 aliphatic carbocycles. The van der Waals surface area contributed by atoms with E-state index in [2.05, 4.69) is 22.9 Å². The molecule has 0 bridgehead atoms. The van der Waals surface area contributed by atoms with E-state index in [1.807, 2.05) is 19.2 Å². The van der Waals surface area contributed by atoms with Crippen molar-refractivity contribution < 1.29 is 9.53 Å². The number of hydrogen-bond donors (Lipinski definition) is 0. The molecule has 0 radical (unpaired) electrons. The summed E-state index contributed by atoms with van der Waals surface area (Å²) in [6.07, 6.45) is 6.21. The van der Waals surface area contributed by atoms with E-state index in [0.717, 1.165) is 37.9 Å². The molecule has 0 aromatic carbocycles. The van der Waals surface area contributed by atoms with E-state index in [-0.39, 0.29) is 12.0 Å². The van der Waals surface area contributed by atoms with E-state index in [1.165, 1.54) is 5.56 Å². The lowest BCUT2D eigenvalue weighted by molar-refractivity contribution is -0.145. The highest BCUT2D eigenvalue weighted by molar-refractivity contribution is 5.71. The molecule has 1 aliphatic rings. The first-order valence-electron chi connectivity index (χ1n) is 7.59. The van der Waals surface area contributed by atoms with Crippen LogP contribution in [0.15, 0.2) is 18.3 Å². The van der Waals surface area contributed by atoms with E-state index in [0.29, 0.717) is 13.2 Å². The first-order valence-corrected chi connectivity index (χ1v) is 7.59. The molecule has 0 saturated carbocycles. The summed E-state index contributed by atoms with van der Waals surface area (Å²) in [5.41, 5.74) is 2.48. The van der Waals surface area contributed by atoms with Gasteiger partial charge in [0.2, 0.25) is 0 Å². The fourth-order valence-corrected chi connectivity index (χ4v) is 2.95. The third kappa shape index (κ3) is 3.57. The van der Waals surface area contributed by atoms with Crippen LogP contribution >= 0.6 is 0 Å². The van der Waals surface area contributed by atoms with Crippen molar-refractivity contribution in [2.24, 2.45) is 0 Å². The number of carbonyl (C=O) groups is 1. The van der Waals surface area contributed by atoms with E-state index in [1.54, 1.807) is 0 Å². The molecular formula is C16H24N2O2. The summed E-state index contributed by atoms with van der Waals surface area (Å²) in [7, 11) is 0. The first kappa shape index (κ1) is 15.0. The minimum atomic E-state index is -0.135. The summed E-state index contributed by atoms with van der Waals surface area (Å²) >= 11 is 0. The molecule has 0 saturated heterocycles. The Labute approximate surface area is 121 Å². The molecule has 1 aromatic rings. The maximum atomic E-state index is 11.8. The van der Waals surface area contributed by atoms with Gasteiger partial charge in [0.15, 0.2) is 0 Å². The van der Waals surface area contributed by atoms with Crippen molar-refractivity contribution in [3.05, 3.63) is 29.6 Å². The Morgan fingerprint density at radius 1 is 1.50 bits per heavy atom. The Hall–Kier alpha value is -1.42. The highest BCUT2D eigenvalue weighted by Gasteiger charge is 2.28. The van der Waals surface area contributed by atoms with Crippen molar-refractivity contribution in [1.82, 2.24) is 9.88 Å². The van der Waals surface area contributed by atoms with Gasteiger partial charge < -0.3 is 4.74 Å². The van der Waals surface area contributed by atoms with Crippen LogP contribution in [0.25, 0.3) is 0 Å². The van der Waals surface area contributed by atoms with E-state index in [4.69, 9.17) is 4.74 Å². The van der Waals surface area contributed by atoms with Gasteiger partial charge >= 0.3 is 5.97 Å². The molecule has 0 unspecified atom stereocenters. The van der Waals surface area contributed by atoms with Crippen molar-refractivity contribution in [1.29, 1.82) is 0 Å². The second kappa shape index (κ2) is 7.39. The van der Waals surface area contributed by atoms with Gasteiger partial charge in [0.1, 0.15) is 0 Å². The zero-order valence-electron chi connectivity index (χ0n) is 12.5. The number of fused-ring (bicyclic) bond motifs is 1. The lowest BCUT2D eigenvalue weighted by Gasteiger charge is -2.34. The number of esters is 1. The van der Waals surface area contributed by atoms with Gasteiger partial charge in [-0.2, -0.15) is 0 Å². The molecule has 1 heterocycles. The maximum Gasteiger partial charge on any atom is 0.320 e. The first-order chi connectivity index (χ1) is 9.76. The topological polar surface area (TPSA) is 42.4 Å². The van der Waals surface area contributed by atoms with Gasteiger partial charge in [0.25, 0.3) is 0 Å². The molecule has 110 valence electrons. The number of pyridine rings is 1. The van der Waals surface area contributed by atoms with E-state index < -0.39 is 0 Å². The summed E-state index contributed by atoms with van der Waals surface area (Å²) in [6, 6.07) is 4.41. The number of nitrogens with zero attached hydrogens (tertiary/aromatic N) is 2. The smallest absolute Gasteiger partial charge is 0.320 e. The van der Waals surface area contributed by atoms with Gasteiger partial charge in [-0.25, -0.2) is 0 Å². The van der Waals surface area contributed by atoms with Crippen molar-refractivity contribution in [2.75, 3.05) is 19.7 Å². The lowest BCUT2D eigenvalue weighted by atomic mass is 9.90. The molecule has 1 atom stereocenters. The second-order valence-electron chi connectivity index (χ2n) is 5.23. The lowest BCUT2D eigenvalue weighted by Crippen LogP contribution is -2.37. The van der Waals surface area contributed by atoms with Crippen LogP contribution in [0.2, 0.25) is 0 Å². The molecule has 0 amide bonds. The van der Waals surface area contributed by atoms with Crippen LogP contribution in [0, 0.1) is 0 Å². The molecule has 4 heteroatoms. The Morgan fingerprint density at radius 3 is 3.10 bits per heavy atom. The predicted octanol–water partition coefficient (Wildman–Crippen LogP) is 2.73. The van der Waals surface area contributed by atoms with Gasteiger partial charge in [-0.05, 0) is 50.8 Å². The Morgan fingerprint density at radius 2 is 2.35 bits per heavy atom. The molecule has 0 aliphatic heterocycles. The van der Waals surface area contributed by atoms with Gasteiger partial charge in [0, 0.05) is 6.20 Å². The van der Waals surface area contributed by atoms with Crippen LogP contribution in [0.3, 0.4) is 0 Å². The van der Waals surface area contributed by atoms with Gasteiger partial charge in [-0.15, -0.1) is 0 Å². The third-order valence-electron chi connectivity index (χ3n) is 3.75. The molecule has 0 N–H and O–H groups in total. The SMILES string of the molecule is CCCN(CC(=O)OCC)[C@@H]1CCCc2cccnc21. The molecular weight excluding hydrogens is 252 g/mol. The summed E-state index contributed by atoms with van der Waals surface area (Å²) in [6.45, 7) is 5.69. The van der Waals surface area contributed by atoms with E-state index in [9.17, 15) is 4.79 Å². The third-order valence-corrected chi connectivity index (χ3v) is 3.75. The summed E-state index contributed by atoms with van der Waals surface area (Å²) < 4.78 is 5.10. The Balaban J connectivity index is 2.15. The van der Waals surface area contributed by atoms with Crippen LogP contribution in [0.5, 0.6) is 0 Å². The molecule has 0 fully saturated rings. The standard InChI is InChI=1S/C16H24N2O2/c1-3-11-18(12-15(19)20-4-2)14-9-5-7-13-8-6-10-17-16(13)14/h6,8,10,14H,3-5,7,9,11-12H2,1-2H3/t14-/m1/s1. The van der Waals surface area contributed by atoms with Gasteiger partial charge in [-0.1, -0.05) is 13.0 Å². The highest BCUT2D eigenvalue weighted by atomic mass is 16.5. The van der Waals surface area contributed by atoms with Crippen LogP contribution in [-0.2, 0) is 16.0 Å². The summed E-state index contributed by atoms with van der Waals surface area (Å²) in [4.78, 5) is 18.6. The minimum Gasteiger partial charge on any atom is -0.465 e. The van der Waals surface area contributed by atoms with E-state index >= 15 is 0 Å². The summed E-state index contributed by atoms with van der Waals surface area (Å²) in [5, 5.41) is 0. The number of carbonyl (C=O) groups excluding carboxylic acids is 1. The predicted molar refractivity (Wildman–Crippen MR) is 78.4 cm³/mol. The van der Waals surface area contributed by atoms with Crippen molar-refractivity contribution >= 4 is 5.97 Å². The molecule has 2 rings (SSSR count). The van der Waals surface area contributed by atoms with Gasteiger partial charge in [-0.3, -0.25) is 14.7 Å². The normalized spacial score (nSPS) is 17.9. The largest absolute Gasteiger partial charge is 0.465 e. The molecule has 4 nitrogen and oxygen atoms in total. The Kier molecular flexibility index (Phi) is 5.53. The number of aromatic nitrogens is 1. The summed E-state index contributed by atoms with van der Waals surface area (Å²) in [5.74, 6) is -0.135. The van der Waals surface area contributed by atoms with Crippen molar-refractivity contribution in [3.63, 3.8) is 0 Å². The van der Waals surface area contributed by atoms with Crippen molar-refractivity contribution in [3.8, 4) is 0 Å². The fourth-order valence-electron chi connectivity index (χ4n) is 2.95. The Bertz CT molecular complexity index is 448. The quantitative estimate of drug-likeness (QED) is 0.749. The number of aryl methyl sites for hydroxylation is 1. The zero-order chi connectivity index (χ0) is 14.4. The van der Waals surface area contributed by atoms with Crippen molar-refractivity contribution in [2.45, 2.75) is 45.6 Å². The zero-order valence-corrected chi connectivity index (χ0v) is 12.5. The molecule has 1 aromatic heterocycles. The monoisotopic (exact) mass is 276 g/mol. The van der Waals surface area contributed by atoms with Crippen LogP contribution in [-0.4, -0.2) is 35.5 Å². The second-order valence-corrected chi connectivity index (χ2v) is 5.23. The highest BCUT2D eigenvalue weighted by Crippen LogP contribution is 2.32.